The van der Waals surface area contributed by atoms with Gasteiger partial charge in [-0.15, -0.1) is 0 Å². The van der Waals surface area contributed by atoms with Crippen LogP contribution in [0.2, 0.25) is 0 Å². The van der Waals surface area contributed by atoms with Crippen LogP contribution in [0.1, 0.15) is 226 Å². The van der Waals surface area contributed by atoms with Crippen molar-refractivity contribution in [1.82, 2.24) is 0 Å². The van der Waals surface area contributed by atoms with E-state index in [4.69, 9.17) is 14.2 Å². The van der Waals surface area contributed by atoms with E-state index in [1.165, 1.54) is 96.3 Å². The third-order valence-corrected chi connectivity index (χ3v) is 9.66. The average Bonchev–Trinajstić information content (AvgIpc) is 3.15. The van der Waals surface area contributed by atoms with Crippen LogP contribution in [0.15, 0.2) is 36.5 Å². The van der Waals surface area contributed by atoms with E-state index in [2.05, 4.69) is 57.2 Å². The molecule has 0 amide bonds. The lowest BCUT2D eigenvalue weighted by atomic mass is 10.1. The molecule has 0 heterocycles. The summed E-state index contributed by atoms with van der Waals surface area (Å²) in [7, 11) is 0. The second-order valence-corrected chi connectivity index (χ2v) is 14.9. The van der Waals surface area contributed by atoms with Crippen LogP contribution < -0.4 is 0 Å². The fraction of sp³-hybridized carbons (Fsp3) is 0.809. The van der Waals surface area contributed by atoms with Crippen LogP contribution in [0.4, 0.5) is 0 Å². The molecule has 0 rings (SSSR count). The van der Waals surface area contributed by atoms with Gasteiger partial charge in [0.05, 0.1) is 0 Å². The molecule has 53 heavy (non-hydrogen) atoms. The normalized spacial score (nSPS) is 12.3. The van der Waals surface area contributed by atoms with E-state index < -0.39 is 6.10 Å². The van der Waals surface area contributed by atoms with Crippen LogP contribution in [0.5, 0.6) is 0 Å². The molecule has 0 aliphatic carbocycles. The summed E-state index contributed by atoms with van der Waals surface area (Å²) in [6.07, 6.45) is 46.9. The summed E-state index contributed by atoms with van der Waals surface area (Å²) in [5.74, 6) is -0.899. The van der Waals surface area contributed by atoms with Gasteiger partial charge in [-0.05, 0) is 51.4 Å². The Morgan fingerprint density at radius 1 is 0.396 bits per heavy atom. The lowest BCUT2D eigenvalue weighted by Gasteiger charge is -2.18. The highest BCUT2D eigenvalue weighted by Gasteiger charge is 2.19. The van der Waals surface area contributed by atoms with Crippen molar-refractivity contribution in [3.05, 3.63) is 36.5 Å². The van der Waals surface area contributed by atoms with Gasteiger partial charge in [0.2, 0.25) is 0 Å². The number of hydrogen-bond acceptors (Lipinski definition) is 6. The van der Waals surface area contributed by atoms with Crippen LogP contribution in [-0.4, -0.2) is 37.2 Å². The summed E-state index contributed by atoms with van der Waals surface area (Å²) in [5, 5.41) is 0. The molecule has 0 aliphatic rings. The van der Waals surface area contributed by atoms with Gasteiger partial charge in [-0.25, -0.2) is 0 Å². The molecule has 0 aliphatic heterocycles. The molecular formula is C47H84O6. The number of carbonyl (C=O) groups excluding carboxylic acids is 3. The van der Waals surface area contributed by atoms with Crippen molar-refractivity contribution in [3.8, 4) is 0 Å². The van der Waals surface area contributed by atoms with Crippen LogP contribution in [-0.2, 0) is 28.6 Å². The number of carbonyl (C=O) groups is 3. The molecule has 0 saturated heterocycles. The number of allylic oxidation sites excluding steroid dienone is 6. The Morgan fingerprint density at radius 3 is 1.15 bits per heavy atom. The predicted octanol–water partition coefficient (Wildman–Crippen LogP) is 14.2. The average molecular weight is 745 g/mol. The highest BCUT2D eigenvalue weighted by Crippen LogP contribution is 2.14. The maximum absolute atomic E-state index is 12.7. The van der Waals surface area contributed by atoms with Crippen LogP contribution in [0.25, 0.3) is 0 Å². The van der Waals surface area contributed by atoms with Gasteiger partial charge < -0.3 is 14.2 Å². The first-order valence-electron chi connectivity index (χ1n) is 22.5. The molecule has 0 radical (unpaired) electrons. The third kappa shape index (κ3) is 40.6. The maximum Gasteiger partial charge on any atom is 0.306 e. The zero-order valence-corrected chi connectivity index (χ0v) is 35.0. The molecule has 0 bridgehead atoms. The Labute approximate surface area is 327 Å². The fourth-order valence-electron chi connectivity index (χ4n) is 6.28. The SMILES string of the molecule is CC/C=C\C/C=C\C/C=C\CCCCCCC(=O)OCC(COC(=O)CCCCCCCCCCCC)OC(=O)CCCCCCCCCCCCC. The van der Waals surface area contributed by atoms with Gasteiger partial charge in [-0.3, -0.25) is 14.4 Å². The van der Waals surface area contributed by atoms with Crippen molar-refractivity contribution < 1.29 is 28.6 Å². The molecule has 0 saturated carbocycles. The van der Waals surface area contributed by atoms with Crippen molar-refractivity contribution in [2.45, 2.75) is 232 Å². The van der Waals surface area contributed by atoms with Gasteiger partial charge in [0.1, 0.15) is 13.2 Å². The molecule has 1 atom stereocenters. The highest BCUT2D eigenvalue weighted by molar-refractivity contribution is 5.71. The second kappa shape index (κ2) is 42.4. The van der Waals surface area contributed by atoms with Gasteiger partial charge in [0.15, 0.2) is 6.10 Å². The molecule has 6 heteroatoms. The molecule has 0 spiro atoms. The van der Waals surface area contributed by atoms with Crippen molar-refractivity contribution >= 4 is 17.9 Å². The minimum atomic E-state index is -0.773. The van der Waals surface area contributed by atoms with E-state index >= 15 is 0 Å². The van der Waals surface area contributed by atoms with Gasteiger partial charge in [0.25, 0.3) is 0 Å². The van der Waals surface area contributed by atoms with Gasteiger partial charge >= 0.3 is 17.9 Å². The number of esters is 3. The number of ether oxygens (including phenoxy) is 3. The third-order valence-electron chi connectivity index (χ3n) is 9.66. The summed E-state index contributed by atoms with van der Waals surface area (Å²) in [5.41, 5.74) is 0. The van der Waals surface area contributed by atoms with Gasteiger partial charge in [-0.2, -0.15) is 0 Å². The van der Waals surface area contributed by atoms with Crippen LogP contribution in [0.3, 0.4) is 0 Å². The Hall–Kier alpha value is -2.37. The Morgan fingerprint density at radius 2 is 0.736 bits per heavy atom. The number of rotatable bonds is 40. The fourth-order valence-corrected chi connectivity index (χ4v) is 6.28. The van der Waals surface area contributed by atoms with E-state index in [0.29, 0.717) is 19.3 Å². The van der Waals surface area contributed by atoms with Crippen molar-refractivity contribution in [2.24, 2.45) is 0 Å². The molecule has 0 fully saturated rings. The lowest BCUT2D eigenvalue weighted by Crippen LogP contribution is -2.30. The minimum Gasteiger partial charge on any atom is -0.462 e. The largest absolute Gasteiger partial charge is 0.462 e. The summed E-state index contributed by atoms with van der Waals surface area (Å²) in [4.78, 5) is 37.6. The lowest BCUT2D eigenvalue weighted by molar-refractivity contribution is -0.167. The van der Waals surface area contributed by atoms with Crippen molar-refractivity contribution in [3.63, 3.8) is 0 Å². The van der Waals surface area contributed by atoms with E-state index in [0.717, 1.165) is 89.9 Å². The van der Waals surface area contributed by atoms with E-state index in [9.17, 15) is 14.4 Å². The standard InChI is InChI=1S/C47H84O6/c1-4-7-10-13-16-19-22-23-24-26-28-31-34-37-40-46(49)52-43-44(42-51-45(48)39-36-33-30-27-21-18-15-12-9-6-3)53-47(50)41-38-35-32-29-25-20-17-14-11-8-5-2/h7,10,16,19,23-24,44H,4-6,8-9,11-15,17-18,20-22,25-43H2,1-3H3/b10-7-,19-16-,24-23-. The molecule has 0 aromatic carbocycles. The quantitative estimate of drug-likeness (QED) is 0.0269. The summed E-state index contributed by atoms with van der Waals surface area (Å²) in [6.45, 7) is 6.48. The first kappa shape index (κ1) is 50.6. The minimum absolute atomic E-state index is 0.0763. The van der Waals surface area contributed by atoms with E-state index in [1.54, 1.807) is 0 Å². The monoisotopic (exact) mass is 745 g/mol. The van der Waals surface area contributed by atoms with Crippen LogP contribution in [0, 0.1) is 0 Å². The molecule has 0 N–H and O–H groups in total. The summed E-state index contributed by atoms with van der Waals surface area (Å²) in [6, 6.07) is 0. The van der Waals surface area contributed by atoms with E-state index in [-0.39, 0.29) is 31.1 Å². The Kier molecular flexibility index (Phi) is 40.5. The summed E-state index contributed by atoms with van der Waals surface area (Å²) >= 11 is 0. The molecule has 308 valence electrons. The van der Waals surface area contributed by atoms with Gasteiger partial charge in [-0.1, -0.05) is 192 Å². The first-order chi connectivity index (χ1) is 26.0. The molecule has 1 unspecified atom stereocenters. The second-order valence-electron chi connectivity index (χ2n) is 14.9. The zero-order chi connectivity index (χ0) is 38.7. The van der Waals surface area contributed by atoms with E-state index in [1.807, 2.05) is 0 Å². The molecule has 6 nitrogen and oxygen atoms in total. The topological polar surface area (TPSA) is 78.9 Å². The Balaban J connectivity index is 4.38. The number of hydrogen-bond donors (Lipinski definition) is 0. The smallest absolute Gasteiger partial charge is 0.306 e. The van der Waals surface area contributed by atoms with Crippen LogP contribution >= 0.6 is 0 Å². The first-order valence-corrected chi connectivity index (χ1v) is 22.5. The maximum atomic E-state index is 12.7. The van der Waals surface area contributed by atoms with Crippen molar-refractivity contribution in [2.75, 3.05) is 13.2 Å². The highest BCUT2D eigenvalue weighted by atomic mass is 16.6. The molecule has 0 aromatic rings. The molecular weight excluding hydrogens is 661 g/mol. The predicted molar refractivity (Wildman–Crippen MR) is 224 cm³/mol. The number of unbranched alkanes of at least 4 members (excludes halogenated alkanes) is 23. The Bertz CT molecular complexity index is 907. The van der Waals surface area contributed by atoms with Gasteiger partial charge in [0, 0.05) is 19.3 Å². The zero-order valence-electron chi connectivity index (χ0n) is 35.0. The summed E-state index contributed by atoms with van der Waals surface area (Å²) < 4.78 is 16.7. The van der Waals surface area contributed by atoms with Crippen molar-refractivity contribution in [1.29, 1.82) is 0 Å². The molecule has 0 aromatic heterocycles.